The molecule has 0 heterocycles. The van der Waals surface area contributed by atoms with E-state index in [1.807, 2.05) is 0 Å². The number of methoxy groups -OCH3 is 1. The lowest BCUT2D eigenvalue weighted by molar-refractivity contribution is -0.275. The Hall–Kier alpha value is -3.52. The summed E-state index contributed by atoms with van der Waals surface area (Å²) < 4.78 is 58.5. The van der Waals surface area contributed by atoms with Crippen LogP contribution in [0.15, 0.2) is 78.9 Å². The first-order chi connectivity index (χ1) is 14.4. The third-order valence-corrected chi connectivity index (χ3v) is 3.88. The standard InChI is InChI=1S/C22H17F3O5/c1-27-21(15-8-4-2-5-9-15)29-19-14-16(12-13-18(19)30-22(23,24)25)20(26)28-17-10-6-3-7-11-17/h2-14,21H,1H3. The zero-order chi connectivity index (χ0) is 21.6. The van der Waals surface area contributed by atoms with Crippen molar-refractivity contribution < 1.29 is 36.9 Å². The molecular formula is C22H17F3O5. The summed E-state index contributed by atoms with van der Waals surface area (Å²) in [7, 11) is 1.34. The lowest BCUT2D eigenvalue weighted by Gasteiger charge is -2.21. The van der Waals surface area contributed by atoms with E-state index in [1.165, 1.54) is 7.11 Å². The number of carbonyl (C=O) groups is 1. The molecule has 3 aromatic carbocycles. The van der Waals surface area contributed by atoms with Crippen LogP contribution >= 0.6 is 0 Å². The topological polar surface area (TPSA) is 54.0 Å². The highest BCUT2D eigenvalue weighted by Crippen LogP contribution is 2.36. The molecule has 3 aromatic rings. The minimum absolute atomic E-state index is 0.0220. The van der Waals surface area contributed by atoms with Crippen molar-refractivity contribution >= 4 is 5.97 Å². The summed E-state index contributed by atoms with van der Waals surface area (Å²) in [6.45, 7) is 0. The number of benzene rings is 3. The molecule has 0 N–H and O–H groups in total. The van der Waals surface area contributed by atoms with Gasteiger partial charge in [0.15, 0.2) is 11.5 Å². The highest BCUT2D eigenvalue weighted by atomic mass is 19.4. The summed E-state index contributed by atoms with van der Waals surface area (Å²) in [6.07, 6.45) is -5.97. The molecule has 0 aromatic heterocycles. The maximum atomic E-state index is 12.8. The Morgan fingerprint density at radius 2 is 1.50 bits per heavy atom. The Morgan fingerprint density at radius 1 is 0.867 bits per heavy atom. The Morgan fingerprint density at radius 3 is 2.10 bits per heavy atom. The van der Waals surface area contributed by atoms with Crippen LogP contribution in [-0.2, 0) is 4.74 Å². The second-order valence-corrected chi connectivity index (χ2v) is 6.01. The van der Waals surface area contributed by atoms with Crippen LogP contribution in [0.5, 0.6) is 17.2 Å². The van der Waals surface area contributed by atoms with Gasteiger partial charge in [-0.25, -0.2) is 4.79 Å². The van der Waals surface area contributed by atoms with E-state index in [9.17, 15) is 18.0 Å². The van der Waals surface area contributed by atoms with Crippen molar-refractivity contribution in [2.75, 3.05) is 7.11 Å². The molecular weight excluding hydrogens is 401 g/mol. The zero-order valence-electron chi connectivity index (χ0n) is 15.8. The lowest BCUT2D eigenvalue weighted by atomic mass is 10.2. The van der Waals surface area contributed by atoms with Crippen molar-refractivity contribution in [3.8, 4) is 17.2 Å². The summed E-state index contributed by atoms with van der Waals surface area (Å²) in [5, 5.41) is 0. The molecule has 0 saturated heterocycles. The summed E-state index contributed by atoms with van der Waals surface area (Å²) >= 11 is 0. The van der Waals surface area contributed by atoms with Crippen LogP contribution in [-0.4, -0.2) is 19.4 Å². The maximum Gasteiger partial charge on any atom is 0.573 e. The van der Waals surface area contributed by atoms with Gasteiger partial charge in [0.05, 0.1) is 5.56 Å². The third-order valence-electron chi connectivity index (χ3n) is 3.88. The maximum absolute atomic E-state index is 12.8. The second-order valence-electron chi connectivity index (χ2n) is 6.01. The molecule has 5 nitrogen and oxygen atoms in total. The van der Waals surface area contributed by atoms with Crippen LogP contribution in [0.2, 0.25) is 0 Å². The van der Waals surface area contributed by atoms with E-state index in [-0.39, 0.29) is 11.3 Å². The summed E-state index contributed by atoms with van der Waals surface area (Å²) in [5.74, 6) is -1.42. The largest absolute Gasteiger partial charge is 0.573 e. The van der Waals surface area contributed by atoms with Crippen molar-refractivity contribution in [3.63, 3.8) is 0 Å². The third kappa shape index (κ3) is 5.74. The number of halogens is 3. The van der Waals surface area contributed by atoms with Crippen molar-refractivity contribution in [3.05, 3.63) is 90.0 Å². The van der Waals surface area contributed by atoms with E-state index in [2.05, 4.69) is 4.74 Å². The van der Waals surface area contributed by atoms with Gasteiger partial charge < -0.3 is 18.9 Å². The minimum atomic E-state index is -4.94. The Labute approximate surface area is 170 Å². The van der Waals surface area contributed by atoms with Gasteiger partial charge in [0.2, 0.25) is 6.29 Å². The lowest BCUT2D eigenvalue weighted by Crippen LogP contribution is -2.19. The first kappa shape index (κ1) is 21.2. The van der Waals surface area contributed by atoms with Gasteiger partial charge in [-0.2, -0.15) is 0 Å². The van der Waals surface area contributed by atoms with Crippen molar-refractivity contribution in [1.82, 2.24) is 0 Å². The fraction of sp³-hybridized carbons (Fsp3) is 0.136. The quantitative estimate of drug-likeness (QED) is 0.287. The molecule has 1 atom stereocenters. The van der Waals surface area contributed by atoms with E-state index < -0.39 is 24.4 Å². The Kier molecular flexibility index (Phi) is 6.58. The van der Waals surface area contributed by atoms with Gasteiger partial charge in [0, 0.05) is 12.7 Å². The normalized spacial score (nSPS) is 12.1. The number of carbonyl (C=O) groups excluding carboxylic acids is 1. The smallest absolute Gasteiger partial charge is 0.457 e. The highest BCUT2D eigenvalue weighted by molar-refractivity contribution is 5.91. The fourth-order valence-corrected chi connectivity index (χ4v) is 2.57. The molecule has 0 fully saturated rings. The van der Waals surface area contributed by atoms with Crippen molar-refractivity contribution in [1.29, 1.82) is 0 Å². The highest BCUT2D eigenvalue weighted by Gasteiger charge is 2.33. The predicted molar refractivity (Wildman–Crippen MR) is 101 cm³/mol. The fourth-order valence-electron chi connectivity index (χ4n) is 2.57. The SMILES string of the molecule is COC(Oc1cc(C(=O)Oc2ccccc2)ccc1OC(F)(F)F)c1ccccc1. The molecule has 0 aliphatic heterocycles. The van der Waals surface area contributed by atoms with E-state index in [0.717, 1.165) is 18.2 Å². The first-order valence-electron chi connectivity index (χ1n) is 8.77. The second kappa shape index (κ2) is 9.32. The van der Waals surface area contributed by atoms with Crippen molar-refractivity contribution in [2.45, 2.75) is 12.7 Å². The molecule has 0 amide bonds. The molecule has 156 valence electrons. The van der Waals surface area contributed by atoms with Crippen LogP contribution in [0, 0.1) is 0 Å². The Balaban J connectivity index is 1.91. The average molecular weight is 418 g/mol. The molecule has 0 radical (unpaired) electrons. The molecule has 1 unspecified atom stereocenters. The van der Waals surface area contributed by atoms with E-state index in [4.69, 9.17) is 14.2 Å². The van der Waals surface area contributed by atoms with E-state index in [1.54, 1.807) is 60.7 Å². The molecule has 0 spiro atoms. The van der Waals surface area contributed by atoms with Gasteiger partial charge in [-0.15, -0.1) is 13.2 Å². The van der Waals surface area contributed by atoms with Crippen LogP contribution in [0.25, 0.3) is 0 Å². The molecule has 0 aliphatic rings. The predicted octanol–water partition coefficient (Wildman–Crippen LogP) is 5.53. The number of rotatable bonds is 7. The van der Waals surface area contributed by atoms with Gasteiger partial charge in [-0.05, 0) is 30.3 Å². The summed E-state index contributed by atoms with van der Waals surface area (Å²) in [4.78, 5) is 12.4. The van der Waals surface area contributed by atoms with E-state index >= 15 is 0 Å². The van der Waals surface area contributed by atoms with E-state index in [0.29, 0.717) is 11.3 Å². The van der Waals surface area contributed by atoms with Crippen molar-refractivity contribution in [2.24, 2.45) is 0 Å². The van der Waals surface area contributed by atoms with Crippen LogP contribution < -0.4 is 14.2 Å². The summed E-state index contributed by atoms with van der Waals surface area (Å²) in [6, 6.07) is 20.1. The zero-order valence-corrected chi connectivity index (χ0v) is 15.8. The number of esters is 1. The number of para-hydroxylation sites is 1. The van der Waals surface area contributed by atoms with Crippen LogP contribution in [0.3, 0.4) is 0 Å². The van der Waals surface area contributed by atoms with Gasteiger partial charge in [0.1, 0.15) is 5.75 Å². The molecule has 3 rings (SSSR count). The molecule has 0 bridgehead atoms. The monoisotopic (exact) mass is 418 g/mol. The van der Waals surface area contributed by atoms with Crippen LogP contribution in [0.1, 0.15) is 22.2 Å². The first-order valence-corrected chi connectivity index (χ1v) is 8.77. The molecule has 30 heavy (non-hydrogen) atoms. The number of hydrogen-bond acceptors (Lipinski definition) is 5. The molecule has 0 saturated carbocycles. The molecule has 0 aliphatic carbocycles. The van der Waals surface area contributed by atoms with Gasteiger partial charge in [-0.3, -0.25) is 0 Å². The number of ether oxygens (including phenoxy) is 4. The minimum Gasteiger partial charge on any atom is -0.457 e. The number of hydrogen-bond donors (Lipinski definition) is 0. The van der Waals surface area contributed by atoms with Gasteiger partial charge >= 0.3 is 12.3 Å². The average Bonchev–Trinajstić information content (AvgIpc) is 2.73. The molecule has 8 heteroatoms. The van der Waals surface area contributed by atoms with Gasteiger partial charge in [-0.1, -0.05) is 48.5 Å². The number of alkyl halides is 3. The van der Waals surface area contributed by atoms with Gasteiger partial charge in [0.25, 0.3) is 0 Å². The van der Waals surface area contributed by atoms with Crippen LogP contribution in [0.4, 0.5) is 13.2 Å². The Bertz CT molecular complexity index is 975. The summed E-state index contributed by atoms with van der Waals surface area (Å²) in [5.41, 5.74) is 0.543.